The first-order valence-corrected chi connectivity index (χ1v) is 9.81. The maximum Gasteiger partial charge on any atom is 0.222 e. The van der Waals surface area contributed by atoms with Crippen molar-refractivity contribution in [2.75, 3.05) is 18.9 Å². The van der Waals surface area contributed by atoms with Gasteiger partial charge in [0.2, 0.25) is 5.95 Å². The topological polar surface area (TPSA) is 125 Å². The van der Waals surface area contributed by atoms with Crippen LogP contribution in [0.3, 0.4) is 0 Å². The highest BCUT2D eigenvalue weighted by Gasteiger charge is 2.33. The third-order valence-electron chi connectivity index (χ3n) is 5.34. The van der Waals surface area contributed by atoms with Crippen molar-refractivity contribution in [1.29, 1.82) is 0 Å². The second kappa shape index (κ2) is 7.43. The average molecular weight is 403 g/mol. The molecule has 9 heteroatoms. The second-order valence-corrected chi connectivity index (χ2v) is 7.37. The molecule has 1 aromatic carbocycles. The first-order chi connectivity index (χ1) is 14.6. The van der Waals surface area contributed by atoms with Crippen LogP contribution < -0.4 is 5.73 Å². The largest absolute Gasteiger partial charge is 0.383 e. The third kappa shape index (κ3) is 3.38. The van der Waals surface area contributed by atoms with Crippen LogP contribution in [0.25, 0.3) is 22.4 Å². The van der Waals surface area contributed by atoms with Crippen molar-refractivity contribution in [3.63, 3.8) is 0 Å². The zero-order valence-corrected chi connectivity index (χ0v) is 16.3. The van der Waals surface area contributed by atoms with Gasteiger partial charge in [0.1, 0.15) is 11.3 Å². The molecule has 0 aliphatic carbocycles. The Bertz CT molecular complexity index is 1190. The molecule has 3 aromatic heterocycles. The van der Waals surface area contributed by atoms with E-state index in [4.69, 9.17) is 10.5 Å². The lowest BCUT2D eigenvalue weighted by Gasteiger charge is -2.31. The summed E-state index contributed by atoms with van der Waals surface area (Å²) in [4.78, 5) is 13.4. The van der Waals surface area contributed by atoms with Crippen molar-refractivity contribution in [1.82, 2.24) is 29.9 Å². The lowest BCUT2D eigenvalue weighted by Crippen LogP contribution is -2.34. The highest BCUT2D eigenvalue weighted by atomic mass is 16.5. The van der Waals surface area contributed by atoms with E-state index in [9.17, 15) is 5.11 Å². The molecule has 30 heavy (non-hydrogen) atoms. The Morgan fingerprint density at radius 1 is 1.00 bits per heavy atom. The Morgan fingerprint density at radius 2 is 1.80 bits per heavy atom. The molecule has 1 fully saturated rings. The molecular formula is C21H21N7O2. The van der Waals surface area contributed by atoms with Gasteiger partial charge in [0, 0.05) is 31.6 Å². The van der Waals surface area contributed by atoms with Gasteiger partial charge in [0.05, 0.1) is 17.9 Å². The number of hydrogen-bond acceptors (Lipinski definition) is 8. The van der Waals surface area contributed by atoms with Crippen LogP contribution in [0.4, 0.5) is 5.95 Å². The summed E-state index contributed by atoms with van der Waals surface area (Å²) >= 11 is 0. The molecule has 3 N–H and O–H groups in total. The number of aliphatic hydroxyl groups is 1. The van der Waals surface area contributed by atoms with E-state index in [0.29, 0.717) is 55.2 Å². The summed E-state index contributed by atoms with van der Waals surface area (Å²) < 4.78 is 7.03. The number of nitrogens with zero attached hydrogens (tertiary/aromatic N) is 6. The van der Waals surface area contributed by atoms with Crippen LogP contribution in [0.15, 0.2) is 48.5 Å². The molecule has 1 saturated heterocycles. The summed E-state index contributed by atoms with van der Waals surface area (Å²) in [5, 5.41) is 19.5. The molecule has 0 bridgehead atoms. The Morgan fingerprint density at radius 3 is 2.60 bits per heavy atom. The molecule has 4 heterocycles. The van der Waals surface area contributed by atoms with Gasteiger partial charge in [-0.05, 0) is 12.1 Å². The summed E-state index contributed by atoms with van der Waals surface area (Å²) in [5.74, 6) is 0.156. The van der Waals surface area contributed by atoms with Crippen molar-refractivity contribution in [2.24, 2.45) is 0 Å². The lowest BCUT2D eigenvalue weighted by atomic mass is 9.90. The van der Waals surface area contributed by atoms with E-state index in [1.807, 2.05) is 48.5 Å². The number of rotatable bonds is 4. The van der Waals surface area contributed by atoms with Crippen molar-refractivity contribution >= 4 is 17.1 Å². The number of pyridine rings is 1. The summed E-state index contributed by atoms with van der Waals surface area (Å²) in [5.41, 5.74) is 9.05. The summed E-state index contributed by atoms with van der Waals surface area (Å²) in [6.07, 6.45) is 1.06. The maximum absolute atomic E-state index is 10.9. The van der Waals surface area contributed by atoms with Crippen molar-refractivity contribution in [2.45, 2.75) is 25.0 Å². The molecule has 0 saturated carbocycles. The minimum atomic E-state index is -0.966. The number of nitrogen functional groups attached to an aromatic ring is 1. The van der Waals surface area contributed by atoms with E-state index in [0.717, 1.165) is 11.3 Å². The number of benzene rings is 1. The minimum absolute atomic E-state index is 0.156. The molecule has 4 aromatic rings. The SMILES string of the molecule is Nc1nc(-c2ccccc2)c2nnn(Cc3cccc(C4(O)CCOCC4)n3)c2n1. The first kappa shape index (κ1) is 18.6. The molecule has 1 aliphatic heterocycles. The van der Waals surface area contributed by atoms with Crippen molar-refractivity contribution in [3.05, 3.63) is 59.9 Å². The fourth-order valence-corrected chi connectivity index (χ4v) is 3.72. The van der Waals surface area contributed by atoms with Crippen LogP contribution in [-0.4, -0.2) is 48.3 Å². The van der Waals surface area contributed by atoms with Gasteiger partial charge in [0.25, 0.3) is 0 Å². The molecule has 0 atom stereocenters. The number of fused-ring (bicyclic) bond motifs is 1. The quantitative estimate of drug-likeness (QED) is 0.529. The first-order valence-electron chi connectivity index (χ1n) is 9.81. The standard InChI is InChI=1S/C21H21N7O2/c22-20-24-17(14-5-2-1-3-6-14)18-19(25-20)28(27-26-18)13-15-7-4-8-16(23-15)21(29)9-11-30-12-10-21/h1-8,29H,9-13H2,(H2,22,24,25). The highest BCUT2D eigenvalue weighted by molar-refractivity contribution is 5.87. The number of ether oxygens (including phenoxy) is 1. The number of anilines is 1. The van der Waals surface area contributed by atoms with E-state index in [1.165, 1.54) is 0 Å². The van der Waals surface area contributed by atoms with Crippen LogP contribution in [0.5, 0.6) is 0 Å². The lowest BCUT2D eigenvalue weighted by molar-refractivity contribution is -0.0706. The molecule has 0 radical (unpaired) electrons. The predicted octanol–water partition coefficient (Wildman–Crippen LogP) is 1.91. The normalized spacial score (nSPS) is 16.0. The molecule has 0 unspecified atom stereocenters. The monoisotopic (exact) mass is 403 g/mol. The highest BCUT2D eigenvalue weighted by Crippen LogP contribution is 2.31. The third-order valence-corrected chi connectivity index (χ3v) is 5.34. The fourth-order valence-electron chi connectivity index (χ4n) is 3.72. The molecule has 9 nitrogen and oxygen atoms in total. The van der Waals surface area contributed by atoms with Gasteiger partial charge in [-0.15, -0.1) is 5.10 Å². The Labute approximate surface area is 172 Å². The van der Waals surface area contributed by atoms with Gasteiger partial charge >= 0.3 is 0 Å². The Balaban J connectivity index is 1.51. The van der Waals surface area contributed by atoms with E-state index < -0.39 is 5.60 Å². The molecular weight excluding hydrogens is 382 g/mol. The van der Waals surface area contributed by atoms with Crippen LogP contribution >= 0.6 is 0 Å². The molecule has 0 spiro atoms. The van der Waals surface area contributed by atoms with Gasteiger partial charge in [-0.1, -0.05) is 41.6 Å². The molecule has 1 aliphatic rings. The van der Waals surface area contributed by atoms with Crippen LogP contribution in [0, 0.1) is 0 Å². The van der Waals surface area contributed by atoms with E-state index in [1.54, 1.807) is 4.68 Å². The predicted molar refractivity (Wildman–Crippen MR) is 110 cm³/mol. The Hall–Kier alpha value is -3.43. The molecule has 0 amide bonds. The van der Waals surface area contributed by atoms with E-state index in [-0.39, 0.29) is 5.95 Å². The van der Waals surface area contributed by atoms with Crippen molar-refractivity contribution < 1.29 is 9.84 Å². The zero-order valence-electron chi connectivity index (χ0n) is 16.3. The smallest absolute Gasteiger partial charge is 0.222 e. The summed E-state index contributed by atoms with van der Waals surface area (Å²) in [6.45, 7) is 1.39. The average Bonchev–Trinajstić information content (AvgIpc) is 3.17. The Kier molecular flexibility index (Phi) is 4.61. The van der Waals surface area contributed by atoms with Crippen molar-refractivity contribution in [3.8, 4) is 11.3 Å². The fraction of sp³-hybridized carbons (Fsp3) is 0.286. The van der Waals surface area contributed by atoms with Gasteiger partial charge in [-0.3, -0.25) is 4.98 Å². The van der Waals surface area contributed by atoms with Gasteiger partial charge in [-0.25, -0.2) is 9.67 Å². The second-order valence-electron chi connectivity index (χ2n) is 7.37. The summed E-state index contributed by atoms with van der Waals surface area (Å²) in [7, 11) is 0. The van der Waals surface area contributed by atoms with Gasteiger partial charge < -0.3 is 15.6 Å². The maximum atomic E-state index is 10.9. The number of hydrogen-bond donors (Lipinski definition) is 2. The zero-order chi connectivity index (χ0) is 20.6. The van der Waals surface area contributed by atoms with E-state index >= 15 is 0 Å². The van der Waals surface area contributed by atoms with Crippen LogP contribution in [0.1, 0.15) is 24.2 Å². The van der Waals surface area contributed by atoms with Gasteiger partial charge in [-0.2, -0.15) is 4.98 Å². The van der Waals surface area contributed by atoms with Crippen LogP contribution in [-0.2, 0) is 16.9 Å². The van der Waals surface area contributed by atoms with Crippen LogP contribution in [0.2, 0.25) is 0 Å². The number of nitrogens with two attached hydrogens (primary N) is 1. The molecule has 5 rings (SSSR count). The summed E-state index contributed by atoms with van der Waals surface area (Å²) in [6, 6.07) is 15.3. The minimum Gasteiger partial charge on any atom is -0.383 e. The van der Waals surface area contributed by atoms with Gasteiger partial charge in [0.15, 0.2) is 11.2 Å². The molecule has 152 valence electrons. The van der Waals surface area contributed by atoms with E-state index in [2.05, 4.69) is 25.3 Å². The number of aromatic nitrogens is 6.